The van der Waals surface area contributed by atoms with Crippen molar-refractivity contribution in [3.63, 3.8) is 0 Å². The van der Waals surface area contributed by atoms with Crippen LogP contribution in [-0.4, -0.2) is 90.3 Å². The summed E-state index contributed by atoms with van der Waals surface area (Å²) in [5, 5.41) is 15.6. The van der Waals surface area contributed by atoms with Crippen molar-refractivity contribution in [3.8, 4) is 0 Å². The number of hydrogen-bond acceptors (Lipinski definition) is 7. The van der Waals surface area contributed by atoms with Crippen LogP contribution in [0.15, 0.2) is 41.8 Å². The number of carboxylic acids is 1. The molecule has 1 saturated carbocycles. The molecule has 9 nitrogen and oxygen atoms in total. The van der Waals surface area contributed by atoms with Crippen LogP contribution in [0.1, 0.15) is 54.4 Å². The number of rotatable bonds is 10. The number of carbonyl (C=O) groups excluding carboxylic acids is 2. The molecule has 1 aliphatic carbocycles. The summed E-state index contributed by atoms with van der Waals surface area (Å²) < 4.78 is 12.9. The smallest absolute Gasteiger partial charge is 0.306 e. The van der Waals surface area contributed by atoms with Crippen molar-refractivity contribution in [3.05, 3.63) is 63.0 Å². The van der Waals surface area contributed by atoms with E-state index in [9.17, 15) is 19.5 Å². The molecule has 3 aromatic rings. The van der Waals surface area contributed by atoms with Crippen LogP contribution in [0.2, 0.25) is 10.0 Å². The molecule has 1 aromatic heterocycles. The van der Waals surface area contributed by atoms with Gasteiger partial charge in [0.2, 0.25) is 5.91 Å². The van der Waals surface area contributed by atoms with Gasteiger partial charge in [0, 0.05) is 53.3 Å². The highest BCUT2D eigenvalue weighted by Crippen LogP contribution is 2.34. The lowest BCUT2D eigenvalue weighted by Gasteiger charge is -2.30. The van der Waals surface area contributed by atoms with Gasteiger partial charge >= 0.3 is 5.97 Å². The molecule has 3 atom stereocenters. The first kappa shape index (κ1) is 33.2. The van der Waals surface area contributed by atoms with Crippen LogP contribution in [0.25, 0.3) is 10.1 Å². The molecular weight excluding hydrogens is 649 g/mol. The maximum Gasteiger partial charge on any atom is 0.306 e. The predicted octanol–water partition coefficient (Wildman–Crippen LogP) is 6.35. The van der Waals surface area contributed by atoms with Crippen LogP contribution < -0.4 is 5.32 Å². The number of thiophene rings is 1. The lowest BCUT2D eigenvalue weighted by atomic mass is 9.87. The first-order valence-electron chi connectivity index (χ1n) is 15.9. The number of nitrogens with zero attached hydrogens (tertiary/aromatic N) is 2. The standard InChI is InChI=1S/C34H39Cl2N3O6S/c1-44-25-10-11-38(17-25)22-14-23(18-45-24-8-6-20(7-9-24)34(42)43)39(16-22)32(40)13-21-12-29(36)30(15-28(21)35)37-33(41)27-19-46-31-5-3-2-4-26(27)31/h2-5,12,15,19-20,22-25H,6-11,13-14,16-18H2,1H3,(H,37,41)(H,42,43)/t20?,22-,23-,24?,25+/m0/s1. The van der Waals surface area contributed by atoms with E-state index < -0.39 is 5.97 Å². The third-order valence-corrected chi connectivity index (χ3v) is 11.4. The van der Waals surface area contributed by atoms with Crippen LogP contribution in [0.5, 0.6) is 0 Å². The average Bonchev–Trinajstić information content (AvgIpc) is 3.81. The van der Waals surface area contributed by atoms with Gasteiger partial charge in [-0.15, -0.1) is 11.3 Å². The largest absolute Gasteiger partial charge is 0.481 e. The summed E-state index contributed by atoms with van der Waals surface area (Å²) in [4.78, 5) is 42.7. The maximum absolute atomic E-state index is 13.9. The van der Waals surface area contributed by atoms with Gasteiger partial charge in [0.25, 0.3) is 5.91 Å². The van der Waals surface area contributed by atoms with Crippen LogP contribution >= 0.6 is 34.5 Å². The topological polar surface area (TPSA) is 108 Å². The van der Waals surface area contributed by atoms with Gasteiger partial charge in [-0.3, -0.25) is 19.3 Å². The third kappa shape index (κ3) is 7.37. The molecule has 0 radical (unpaired) electrons. The number of aliphatic carboxylic acids is 1. The van der Waals surface area contributed by atoms with E-state index in [-0.39, 0.29) is 48.4 Å². The Morgan fingerprint density at radius 3 is 2.54 bits per heavy atom. The van der Waals surface area contributed by atoms with Crippen LogP contribution in [0.4, 0.5) is 5.69 Å². The number of hydrogen-bond donors (Lipinski definition) is 2. The van der Waals surface area contributed by atoms with Gasteiger partial charge in [-0.25, -0.2) is 0 Å². The number of anilines is 1. The summed E-state index contributed by atoms with van der Waals surface area (Å²) in [6.45, 7) is 2.76. The molecule has 2 aromatic carbocycles. The first-order valence-corrected chi connectivity index (χ1v) is 17.5. The Balaban J connectivity index is 1.12. The number of nitrogens with one attached hydrogen (secondary N) is 1. The minimum absolute atomic E-state index is 0.000615. The number of ether oxygens (including phenoxy) is 2. The Morgan fingerprint density at radius 1 is 1.02 bits per heavy atom. The summed E-state index contributed by atoms with van der Waals surface area (Å²) in [6, 6.07) is 11.1. The minimum Gasteiger partial charge on any atom is -0.481 e. The van der Waals surface area contributed by atoms with Gasteiger partial charge in [-0.1, -0.05) is 41.4 Å². The second-order valence-corrected chi connectivity index (χ2v) is 14.3. The highest BCUT2D eigenvalue weighted by molar-refractivity contribution is 7.17. The van der Waals surface area contributed by atoms with Crippen molar-refractivity contribution in [1.29, 1.82) is 0 Å². The number of methoxy groups -OCH3 is 1. The van der Waals surface area contributed by atoms with E-state index in [1.54, 1.807) is 19.2 Å². The number of amides is 2. The summed E-state index contributed by atoms with van der Waals surface area (Å²) >= 11 is 14.8. The van der Waals surface area contributed by atoms with Crippen LogP contribution in [0.3, 0.4) is 0 Å². The Hall–Kier alpha value is -2.73. The summed E-state index contributed by atoms with van der Waals surface area (Å²) in [6.07, 6.45) is 4.67. The van der Waals surface area contributed by atoms with Crippen molar-refractivity contribution in [2.45, 2.75) is 69.2 Å². The second-order valence-electron chi connectivity index (χ2n) is 12.6. The normalized spacial score (nSPS) is 25.3. The quantitative estimate of drug-likeness (QED) is 0.256. The zero-order chi connectivity index (χ0) is 32.4. The fraction of sp³-hybridized carbons (Fsp3) is 0.500. The second kappa shape index (κ2) is 14.6. The van der Waals surface area contributed by atoms with Gasteiger partial charge < -0.3 is 24.8 Å². The molecule has 46 heavy (non-hydrogen) atoms. The molecule has 246 valence electrons. The molecule has 0 spiro atoms. The summed E-state index contributed by atoms with van der Waals surface area (Å²) in [5.74, 6) is -1.38. The third-order valence-electron chi connectivity index (χ3n) is 9.74. The van der Waals surface area contributed by atoms with E-state index in [2.05, 4.69) is 10.2 Å². The number of benzene rings is 2. The van der Waals surface area contributed by atoms with Gasteiger partial charge in [0.1, 0.15) is 0 Å². The fourth-order valence-corrected chi connectivity index (χ4v) is 8.45. The van der Waals surface area contributed by atoms with Gasteiger partial charge in [0.05, 0.1) is 53.5 Å². The lowest BCUT2D eigenvalue weighted by Crippen LogP contribution is -2.41. The molecule has 2 aliphatic heterocycles. The van der Waals surface area contributed by atoms with E-state index in [0.717, 1.165) is 36.0 Å². The van der Waals surface area contributed by atoms with E-state index in [0.29, 0.717) is 65.7 Å². The maximum atomic E-state index is 13.9. The molecule has 2 saturated heterocycles. The average molecular weight is 689 g/mol. The molecule has 3 aliphatic rings. The minimum atomic E-state index is -0.737. The lowest BCUT2D eigenvalue weighted by molar-refractivity contribution is -0.144. The van der Waals surface area contributed by atoms with Crippen molar-refractivity contribution in [1.82, 2.24) is 9.80 Å². The monoisotopic (exact) mass is 687 g/mol. The molecule has 6 rings (SSSR count). The first-order chi connectivity index (χ1) is 22.2. The van der Waals surface area contributed by atoms with E-state index >= 15 is 0 Å². The SMILES string of the molecule is CO[C@@H]1CCN([C@H]2C[C@@H](COC3CCC(C(=O)O)CC3)N(C(=O)Cc3cc(Cl)c(NC(=O)c4csc5ccccc45)cc3Cl)C2)C1. The predicted molar refractivity (Wildman–Crippen MR) is 180 cm³/mol. The van der Waals surface area contributed by atoms with Gasteiger partial charge in [-0.05, 0) is 62.3 Å². The van der Waals surface area contributed by atoms with Crippen molar-refractivity contribution in [2.24, 2.45) is 5.92 Å². The number of fused-ring (bicyclic) bond motifs is 1. The highest BCUT2D eigenvalue weighted by atomic mass is 35.5. The van der Waals surface area contributed by atoms with Crippen molar-refractivity contribution < 1.29 is 29.0 Å². The number of likely N-dealkylation sites (tertiary alicyclic amines) is 2. The van der Waals surface area contributed by atoms with Gasteiger partial charge in [-0.2, -0.15) is 0 Å². The Labute approximate surface area is 282 Å². The summed E-state index contributed by atoms with van der Waals surface area (Å²) in [5.41, 5.74) is 1.54. The zero-order valence-electron chi connectivity index (χ0n) is 25.8. The zero-order valence-corrected chi connectivity index (χ0v) is 28.1. The highest BCUT2D eigenvalue weighted by Gasteiger charge is 2.41. The summed E-state index contributed by atoms with van der Waals surface area (Å²) in [7, 11) is 1.74. The Kier molecular flexibility index (Phi) is 10.5. The van der Waals surface area contributed by atoms with E-state index in [1.165, 1.54) is 11.3 Å². The number of carboxylic acid groups (broad SMARTS) is 1. The molecule has 2 amide bonds. The molecule has 0 bridgehead atoms. The number of carbonyl (C=O) groups is 3. The molecule has 2 N–H and O–H groups in total. The Morgan fingerprint density at radius 2 is 1.80 bits per heavy atom. The number of halogens is 2. The molecule has 12 heteroatoms. The molecule has 0 unspecified atom stereocenters. The van der Waals surface area contributed by atoms with Crippen LogP contribution in [0, 0.1) is 5.92 Å². The Bertz CT molecular complexity index is 1590. The fourth-order valence-electron chi connectivity index (χ4n) is 7.05. The molecule has 3 heterocycles. The van der Waals surface area contributed by atoms with Gasteiger partial charge in [0.15, 0.2) is 0 Å². The van der Waals surface area contributed by atoms with E-state index in [4.69, 9.17) is 32.7 Å². The molecule has 3 fully saturated rings. The van der Waals surface area contributed by atoms with Crippen molar-refractivity contribution >= 4 is 68.1 Å². The van der Waals surface area contributed by atoms with Crippen molar-refractivity contribution in [2.75, 3.05) is 38.7 Å². The van der Waals surface area contributed by atoms with E-state index in [1.807, 2.05) is 34.5 Å². The molecular formula is C34H39Cl2N3O6S. The van der Waals surface area contributed by atoms with Crippen LogP contribution in [-0.2, 0) is 25.5 Å².